The molecule has 19 heavy (non-hydrogen) atoms. The van der Waals surface area contributed by atoms with Crippen molar-refractivity contribution in [3.63, 3.8) is 0 Å². The Bertz CT molecular complexity index is 592. The molecule has 1 aromatic carbocycles. The van der Waals surface area contributed by atoms with Gasteiger partial charge in [0.1, 0.15) is 5.75 Å². The molecule has 2 heterocycles. The summed E-state index contributed by atoms with van der Waals surface area (Å²) in [5, 5.41) is 7.35. The fourth-order valence-corrected chi connectivity index (χ4v) is 2.31. The molecule has 0 amide bonds. The first-order chi connectivity index (χ1) is 9.38. The lowest BCUT2D eigenvalue weighted by molar-refractivity contribution is 0.162. The Morgan fingerprint density at radius 1 is 1.26 bits per heavy atom. The fourth-order valence-electron chi connectivity index (χ4n) is 2.31. The van der Waals surface area contributed by atoms with Gasteiger partial charge in [-0.05, 0) is 30.9 Å². The number of fused-ring (bicyclic) bond motifs is 1. The monoisotopic (exact) mass is 257 g/mol. The predicted octanol–water partition coefficient (Wildman–Crippen LogP) is 2.57. The van der Waals surface area contributed by atoms with Crippen LogP contribution in [0.15, 0.2) is 28.8 Å². The molecule has 1 aliphatic carbocycles. The maximum Gasteiger partial charge on any atom is 0.269 e. The number of rotatable bonds is 3. The highest BCUT2D eigenvalue weighted by Crippen LogP contribution is 2.34. The van der Waals surface area contributed by atoms with Crippen molar-refractivity contribution in [1.29, 1.82) is 0 Å². The summed E-state index contributed by atoms with van der Waals surface area (Å²) in [5.41, 5.74) is 1.01. The number of para-hydroxylation sites is 2. The number of nitrogens with one attached hydrogen (secondary N) is 1. The molecule has 5 nitrogen and oxygen atoms in total. The van der Waals surface area contributed by atoms with Crippen LogP contribution < -0.4 is 10.1 Å². The average molecular weight is 257 g/mol. The number of anilines is 1. The molecule has 0 spiro atoms. The summed E-state index contributed by atoms with van der Waals surface area (Å²) in [6.45, 7) is 0.655. The van der Waals surface area contributed by atoms with Crippen LogP contribution in [-0.2, 0) is 6.42 Å². The highest BCUT2D eigenvalue weighted by molar-refractivity contribution is 5.57. The standard InChI is InChI=1S/C14H15N3O2/c1-2-4-11-10(3-1)15-8-12(18-11)14-16-13(17-19-14)7-9-5-6-9/h1-4,9,12,15H,5-8H2. The molecule has 1 aromatic heterocycles. The quantitative estimate of drug-likeness (QED) is 0.915. The zero-order valence-corrected chi connectivity index (χ0v) is 10.5. The van der Waals surface area contributed by atoms with E-state index in [-0.39, 0.29) is 6.10 Å². The van der Waals surface area contributed by atoms with Crippen LogP contribution in [0.1, 0.15) is 30.7 Å². The molecule has 4 rings (SSSR count). The zero-order chi connectivity index (χ0) is 12.7. The van der Waals surface area contributed by atoms with Crippen LogP contribution in [0.3, 0.4) is 0 Å². The highest BCUT2D eigenvalue weighted by atomic mass is 16.5. The van der Waals surface area contributed by atoms with E-state index in [9.17, 15) is 0 Å². The second-order valence-corrected chi connectivity index (χ2v) is 5.18. The number of hydrogen-bond donors (Lipinski definition) is 1. The van der Waals surface area contributed by atoms with Crippen LogP contribution >= 0.6 is 0 Å². The third-order valence-electron chi connectivity index (χ3n) is 3.56. The van der Waals surface area contributed by atoms with E-state index < -0.39 is 0 Å². The first kappa shape index (κ1) is 10.8. The van der Waals surface area contributed by atoms with Crippen LogP contribution in [0.25, 0.3) is 0 Å². The van der Waals surface area contributed by atoms with E-state index in [0.717, 1.165) is 29.6 Å². The van der Waals surface area contributed by atoms with Gasteiger partial charge in [0.05, 0.1) is 12.2 Å². The summed E-state index contributed by atoms with van der Waals surface area (Å²) in [6, 6.07) is 7.87. The van der Waals surface area contributed by atoms with Gasteiger partial charge in [0, 0.05) is 6.42 Å². The largest absolute Gasteiger partial charge is 0.477 e. The molecule has 0 saturated heterocycles. The maximum absolute atomic E-state index is 5.89. The van der Waals surface area contributed by atoms with Gasteiger partial charge in [-0.3, -0.25) is 0 Å². The fraction of sp³-hybridized carbons (Fsp3) is 0.429. The summed E-state index contributed by atoms with van der Waals surface area (Å²) in [6.07, 6.45) is 3.31. The topological polar surface area (TPSA) is 60.2 Å². The summed E-state index contributed by atoms with van der Waals surface area (Å²) in [5.74, 6) is 2.97. The lowest BCUT2D eigenvalue weighted by Gasteiger charge is -2.24. The van der Waals surface area contributed by atoms with E-state index in [1.54, 1.807) is 0 Å². The molecule has 1 unspecified atom stereocenters. The first-order valence-electron chi connectivity index (χ1n) is 6.70. The highest BCUT2D eigenvalue weighted by Gasteiger charge is 2.28. The van der Waals surface area contributed by atoms with Crippen molar-refractivity contribution in [1.82, 2.24) is 10.1 Å². The van der Waals surface area contributed by atoms with E-state index in [1.165, 1.54) is 12.8 Å². The Labute approximate surface area is 111 Å². The Morgan fingerprint density at radius 3 is 3.05 bits per heavy atom. The second kappa shape index (κ2) is 4.26. The summed E-state index contributed by atoms with van der Waals surface area (Å²) < 4.78 is 11.2. The van der Waals surface area contributed by atoms with E-state index in [4.69, 9.17) is 9.26 Å². The van der Waals surface area contributed by atoms with E-state index >= 15 is 0 Å². The van der Waals surface area contributed by atoms with Gasteiger partial charge >= 0.3 is 0 Å². The van der Waals surface area contributed by atoms with Crippen molar-refractivity contribution < 1.29 is 9.26 Å². The molecule has 1 atom stereocenters. The number of nitrogens with zero attached hydrogens (tertiary/aromatic N) is 2. The summed E-state index contributed by atoms with van der Waals surface area (Å²) in [7, 11) is 0. The average Bonchev–Trinajstić information content (AvgIpc) is 3.14. The summed E-state index contributed by atoms with van der Waals surface area (Å²) in [4.78, 5) is 4.44. The molecule has 1 saturated carbocycles. The van der Waals surface area contributed by atoms with Crippen LogP contribution in [0, 0.1) is 5.92 Å². The van der Waals surface area contributed by atoms with E-state index in [2.05, 4.69) is 15.5 Å². The molecular weight excluding hydrogens is 242 g/mol. The van der Waals surface area contributed by atoms with E-state index in [0.29, 0.717) is 12.4 Å². The van der Waals surface area contributed by atoms with Gasteiger partial charge in [0.25, 0.3) is 5.89 Å². The minimum Gasteiger partial charge on any atom is -0.477 e. The molecule has 1 aliphatic heterocycles. The predicted molar refractivity (Wildman–Crippen MR) is 69.0 cm³/mol. The number of benzene rings is 1. The van der Waals surface area contributed by atoms with Crippen LogP contribution in [0.4, 0.5) is 5.69 Å². The van der Waals surface area contributed by atoms with Crippen molar-refractivity contribution >= 4 is 5.69 Å². The van der Waals surface area contributed by atoms with Gasteiger partial charge < -0.3 is 14.6 Å². The Kier molecular flexibility index (Phi) is 2.43. The summed E-state index contributed by atoms with van der Waals surface area (Å²) >= 11 is 0. The van der Waals surface area contributed by atoms with Gasteiger partial charge in [0.15, 0.2) is 11.9 Å². The molecule has 98 valence electrons. The van der Waals surface area contributed by atoms with Crippen LogP contribution in [0.2, 0.25) is 0 Å². The third kappa shape index (κ3) is 2.16. The number of aromatic nitrogens is 2. The number of ether oxygens (including phenoxy) is 1. The smallest absolute Gasteiger partial charge is 0.269 e. The molecular formula is C14H15N3O2. The maximum atomic E-state index is 5.89. The SMILES string of the molecule is c1ccc2c(c1)NCC(c1nc(CC3CC3)no1)O2. The lowest BCUT2D eigenvalue weighted by atomic mass is 10.2. The second-order valence-electron chi connectivity index (χ2n) is 5.18. The van der Waals surface area contributed by atoms with Crippen molar-refractivity contribution in [3.8, 4) is 5.75 Å². The van der Waals surface area contributed by atoms with Crippen molar-refractivity contribution in [3.05, 3.63) is 36.0 Å². The molecule has 5 heteroatoms. The molecule has 0 bridgehead atoms. The molecule has 2 aliphatic rings. The minimum atomic E-state index is -0.199. The Morgan fingerprint density at radius 2 is 2.16 bits per heavy atom. The Balaban J connectivity index is 1.52. The zero-order valence-electron chi connectivity index (χ0n) is 10.5. The molecule has 1 fully saturated rings. The van der Waals surface area contributed by atoms with Gasteiger partial charge in [-0.25, -0.2) is 0 Å². The molecule has 2 aromatic rings. The van der Waals surface area contributed by atoms with Crippen molar-refractivity contribution in [2.75, 3.05) is 11.9 Å². The van der Waals surface area contributed by atoms with Gasteiger partial charge in [-0.15, -0.1) is 0 Å². The van der Waals surface area contributed by atoms with Gasteiger partial charge in [-0.1, -0.05) is 17.3 Å². The third-order valence-corrected chi connectivity index (χ3v) is 3.56. The lowest BCUT2D eigenvalue weighted by Crippen LogP contribution is -2.23. The van der Waals surface area contributed by atoms with E-state index in [1.807, 2.05) is 24.3 Å². The van der Waals surface area contributed by atoms with Crippen molar-refractivity contribution in [2.24, 2.45) is 5.92 Å². The normalized spacial score (nSPS) is 21.4. The minimum absolute atomic E-state index is 0.199. The molecule has 0 radical (unpaired) electrons. The Hall–Kier alpha value is -2.04. The van der Waals surface area contributed by atoms with Gasteiger partial charge in [0.2, 0.25) is 0 Å². The van der Waals surface area contributed by atoms with Crippen molar-refractivity contribution in [2.45, 2.75) is 25.4 Å². The van der Waals surface area contributed by atoms with Crippen LogP contribution in [-0.4, -0.2) is 16.7 Å². The van der Waals surface area contributed by atoms with Crippen LogP contribution in [0.5, 0.6) is 5.75 Å². The first-order valence-corrected chi connectivity index (χ1v) is 6.70. The number of hydrogen-bond acceptors (Lipinski definition) is 5. The van der Waals surface area contributed by atoms with Gasteiger partial charge in [-0.2, -0.15) is 4.98 Å². The molecule has 1 N–H and O–H groups in total.